The SMILES string of the molecule is Cn1nccc1-c1cccc(OC2CCN(C(=O)OC(CO)C(F)(F)F)CC2)n1. The van der Waals surface area contributed by atoms with E-state index in [9.17, 15) is 18.0 Å². The predicted molar refractivity (Wildman–Crippen MR) is 95.1 cm³/mol. The summed E-state index contributed by atoms with van der Waals surface area (Å²) in [6.45, 7) is -0.949. The third-order valence-electron chi connectivity index (χ3n) is 4.57. The molecule has 0 aromatic carbocycles. The summed E-state index contributed by atoms with van der Waals surface area (Å²) in [6, 6.07) is 7.19. The maximum atomic E-state index is 12.6. The van der Waals surface area contributed by atoms with Gasteiger partial charge in [-0.15, -0.1) is 0 Å². The Morgan fingerprint density at radius 1 is 1.31 bits per heavy atom. The molecule has 1 atom stereocenters. The molecule has 3 heterocycles. The zero-order chi connectivity index (χ0) is 21.0. The van der Waals surface area contributed by atoms with E-state index in [1.165, 1.54) is 4.90 Å². The van der Waals surface area contributed by atoms with Crippen molar-refractivity contribution in [2.24, 2.45) is 7.05 Å². The average Bonchev–Trinajstić information content (AvgIpc) is 3.11. The normalized spacial score (nSPS) is 16.5. The number of nitrogens with zero attached hydrogens (tertiary/aromatic N) is 4. The van der Waals surface area contributed by atoms with E-state index in [0.29, 0.717) is 24.4 Å². The number of aromatic nitrogens is 3. The van der Waals surface area contributed by atoms with Crippen molar-refractivity contribution in [2.45, 2.75) is 31.2 Å². The van der Waals surface area contributed by atoms with E-state index in [1.54, 1.807) is 24.0 Å². The quantitative estimate of drug-likeness (QED) is 0.808. The van der Waals surface area contributed by atoms with Crippen molar-refractivity contribution in [2.75, 3.05) is 19.7 Å². The summed E-state index contributed by atoms with van der Waals surface area (Å²) in [5.41, 5.74) is 1.53. The molecule has 3 rings (SSSR count). The highest BCUT2D eigenvalue weighted by Crippen LogP contribution is 2.25. The van der Waals surface area contributed by atoms with E-state index in [2.05, 4.69) is 14.8 Å². The van der Waals surface area contributed by atoms with Gasteiger partial charge in [-0.05, 0) is 12.1 Å². The van der Waals surface area contributed by atoms with E-state index in [0.717, 1.165) is 5.69 Å². The molecular weight excluding hydrogens is 393 g/mol. The number of carbonyl (C=O) groups is 1. The van der Waals surface area contributed by atoms with Crippen molar-refractivity contribution in [3.63, 3.8) is 0 Å². The highest BCUT2D eigenvalue weighted by Gasteiger charge is 2.43. The molecule has 1 unspecified atom stereocenters. The van der Waals surface area contributed by atoms with Gasteiger partial charge in [0.1, 0.15) is 6.10 Å². The summed E-state index contributed by atoms with van der Waals surface area (Å²) in [4.78, 5) is 17.6. The first-order chi connectivity index (χ1) is 13.8. The first-order valence-electron chi connectivity index (χ1n) is 9.03. The molecule has 11 heteroatoms. The molecule has 1 N–H and O–H groups in total. The number of carbonyl (C=O) groups excluding carboxylic acids is 1. The van der Waals surface area contributed by atoms with E-state index >= 15 is 0 Å². The number of pyridine rings is 1. The summed E-state index contributed by atoms with van der Waals surface area (Å²) in [7, 11) is 1.81. The summed E-state index contributed by atoms with van der Waals surface area (Å²) in [5.74, 6) is 0.419. The Morgan fingerprint density at radius 2 is 2.03 bits per heavy atom. The van der Waals surface area contributed by atoms with Crippen LogP contribution in [0.15, 0.2) is 30.5 Å². The van der Waals surface area contributed by atoms with Crippen LogP contribution in [-0.2, 0) is 11.8 Å². The van der Waals surface area contributed by atoms with Crippen LogP contribution >= 0.6 is 0 Å². The second-order valence-electron chi connectivity index (χ2n) is 6.60. The zero-order valence-electron chi connectivity index (χ0n) is 15.7. The van der Waals surface area contributed by atoms with Crippen LogP contribution in [0, 0.1) is 0 Å². The first-order valence-corrected chi connectivity index (χ1v) is 9.03. The molecule has 29 heavy (non-hydrogen) atoms. The van der Waals surface area contributed by atoms with Crippen LogP contribution < -0.4 is 4.74 Å². The lowest BCUT2D eigenvalue weighted by Crippen LogP contribution is -2.46. The average molecular weight is 414 g/mol. The Balaban J connectivity index is 1.54. The van der Waals surface area contributed by atoms with Gasteiger partial charge in [-0.1, -0.05) is 6.07 Å². The third-order valence-corrected chi connectivity index (χ3v) is 4.57. The Bertz CT molecular complexity index is 835. The number of rotatable bonds is 5. The minimum absolute atomic E-state index is 0.181. The van der Waals surface area contributed by atoms with Crippen LogP contribution in [0.25, 0.3) is 11.4 Å². The molecule has 0 aliphatic carbocycles. The molecule has 8 nitrogen and oxygen atoms in total. The van der Waals surface area contributed by atoms with Crippen LogP contribution in [0.1, 0.15) is 12.8 Å². The highest BCUT2D eigenvalue weighted by molar-refractivity contribution is 5.68. The zero-order valence-corrected chi connectivity index (χ0v) is 15.7. The molecular formula is C18H21F3N4O4. The molecule has 2 aromatic rings. The maximum absolute atomic E-state index is 12.6. The van der Waals surface area contributed by atoms with Gasteiger partial charge in [0.15, 0.2) is 0 Å². The van der Waals surface area contributed by atoms with Gasteiger partial charge in [0, 0.05) is 45.2 Å². The largest absolute Gasteiger partial charge is 0.474 e. The molecule has 0 spiro atoms. The smallest absolute Gasteiger partial charge is 0.427 e. The van der Waals surface area contributed by atoms with Crippen LogP contribution in [0.2, 0.25) is 0 Å². The van der Waals surface area contributed by atoms with Crippen molar-refractivity contribution >= 4 is 6.09 Å². The van der Waals surface area contributed by atoms with Crippen molar-refractivity contribution in [1.29, 1.82) is 0 Å². The molecule has 2 aromatic heterocycles. The molecule has 1 aliphatic heterocycles. The van der Waals surface area contributed by atoms with Gasteiger partial charge < -0.3 is 19.5 Å². The molecule has 1 amide bonds. The van der Waals surface area contributed by atoms with Crippen molar-refractivity contribution < 1.29 is 32.5 Å². The van der Waals surface area contributed by atoms with Gasteiger partial charge in [0.05, 0.1) is 18.0 Å². The fourth-order valence-electron chi connectivity index (χ4n) is 2.98. The molecule has 0 saturated carbocycles. The van der Waals surface area contributed by atoms with Gasteiger partial charge in [0.25, 0.3) is 0 Å². The van der Waals surface area contributed by atoms with Crippen LogP contribution in [-0.4, -0.2) is 68.9 Å². The van der Waals surface area contributed by atoms with Crippen molar-refractivity contribution in [1.82, 2.24) is 19.7 Å². The standard InChI is InChI=1S/C18H21F3N4O4/c1-24-14(5-8-22-24)13-3-2-4-16(23-13)28-12-6-9-25(10-7-12)17(27)29-15(11-26)18(19,20)21/h2-5,8,12,15,26H,6-7,9-11H2,1H3. The van der Waals surface area contributed by atoms with Gasteiger partial charge in [0.2, 0.25) is 12.0 Å². The Hall–Kier alpha value is -2.82. The monoisotopic (exact) mass is 414 g/mol. The van der Waals surface area contributed by atoms with E-state index < -0.39 is 25.0 Å². The van der Waals surface area contributed by atoms with Gasteiger partial charge >= 0.3 is 12.3 Å². The number of aliphatic hydroxyl groups is 1. The van der Waals surface area contributed by atoms with Gasteiger partial charge in [-0.25, -0.2) is 9.78 Å². The molecule has 158 valence electrons. The molecule has 1 fully saturated rings. The summed E-state index contributed by atoms with van der Waals surface area (Å²) in [5, 5.41) is 12.9. The second-order valence-corrected chi connectivity index (χ2v) is 6.60. The number of halogens is 3. The van der Waals surface area contributed by atoms with E-state index in [1.807, 2.05) is 18.2 Å². The van der Waals surface area contributed by atoms with Crippen molar-refractivity contribution in [3.05, 3.63) is 30.5 Å². The first kappa shape index (κ1) is 20.9. The van der Waals surface area contributed by atoms with Crippen LogP contribution in [0.3, 0.4) is 0 Å². The van der Waals surface area contributed by atoms with Crippen molar-refractivity contribution in [3.8, 4) is 17.3 Å². The molecule has 0 radical (unpaired) electrons. The summed E-state index contributed by atoms with van der Waals surface area (Å²) >= 11 is 0. The number of likely N-dealkylation sites (tertiary alicyclic amines) is 1. The number of alkyl halides is 3. The fourth-order valence-corrected chi connectivity index (χ4v) is 2.98. The number of piperidine rings is 1. The molecule has 1 aliphatic rings. The summed E-state index contributed by atoms with van der Waals surface area (Å²) in [6.07, 6.45) is -6.16. The minimum atomic E-state index is -4.81. The maximum Gasteiger partial charge on any atom is 0.427 e. The number of hydrogen-bond acceptors (Lipinski definition) is 6. The Morgan fingerprint density at radius 3 is 2.62 bits per heavy atom. The molecule has 1 saturated heterocycles. The number of ether oxygens (including phenoxy) is 2. The summed E-state index contributed by atoms with van der Waals surface area (Å²) < 4.78 is 49.8. The third kappa shape index (κ3) is 5.17. The van der Waals surface area contributed by atoms with Crippen LogP contribution in [0.4, 0.5) is 18.0 Å². The Kier molecular flexibility index (Phi) is 6.26. The van der Waals surface area contributed by atoms with E-state index in [4.69, 9.17) is 9.84 Å². The fraction of sp³-hybridized carbons (Fsp3) is 0.500. The van der Waals surface area contributed by atoms with Crippen LogP contribution in [0.5, 0.6) is 5.88 Å². The number of aryl methyl sites for hydroxylation is 1. The second kappa shape index (κ2) is 8.68. The highest BCUT2D eigenvalue weighted by atomic mass is 19.4. The van der Waals surface area contributed by atoms with Gasteiger partial charge in [-0.3, -0.25) is 4.68 Å². The van der Waals surface area contributed by atoms with Gasteiger partial charge in [-0.2, -0.15) is 18.3 Å². The Labute approximate surface area is 164 Å². The lowest BCUT2D eigenvalue weighted by Gasteiger charge is -2.32. The predicted octanol–water partition coefficient (Wildman–Crippen LogP) is 2.39. The number of aliphatic hydroxyl groups excluding tert-OH is 1. The number of amides is 1. The van der Waals surface area contributed by atoms with E-state index in [-0.39, 0.29) is 19.2 Å². The number of hydrogen-bond donors (Lipinski definition) is 1. The lowest BCUT2D eigenvalue weighted by atomic mass is 10.1. The molecule has 0 bridgehead atoms. The lowest BCUT2D eigenvalue weighted by molar-refractivity contribution is -0.214. The minimum Gasteiger partial charge on any atom is -0.474 e. The topological polar surface area (TPSA) is 89.7 Å².